The third kappa shape index (κ3) is 7.70. The van der Waals surface area contributed by atoms with Crippen molar-refractivity contribution in [2.45, 2.75) is 0 Å². The number of fused-ring (bicyclic) bond motifs is 12. The summed E-state index contributed by atoms with van der Waals surface area (Å²) in [6.07, 6.45) is 0. The zero-order valence-corrected chi connectivity index (χ0v) is 47.4. The maximum Gasteiger partial charge on any atom is 0.160 e. The maximum atomic E-state index is 12.6. The number of nitriles is 1. The van der Waals surface area contributed by atoms with Crippen molar-refractivity contribution in [1.82, 2.24) is 14.5 Å². The summed E-state index contributed by atoms with van der Waals surface area (Å²) in [5, 5.41) is 22.1. The van der Waals surface area contributed by atoms with Crippen LogP contribution in [0.1, 0.15) is 5.56 Å². The number of hydrogen-bond donors (Lipinski definition) is 0. The topological polar surface area (TPSA) is 54.5 Å². The van der Waals surface area contributed by atoms with E-state index in [1.54, 1.807) is 11.3 Å². The molecule has 12 aromatic carbocycles. The number of thiophene rings is 3. The Hall–Kier alpha value is -10.3. The normalized spacial score (nSPS) is 11.8. The van der Waals surface area contributed by atoms with E-state index in [1.807, 2.05) is 46.9 Å². The highest BCUT2D eigenvalue weighted by Crippen LogP contribution is 2.55. The number of aromatic nitrogens is 3. The van der Waals surface area contributed by atoms with Gasteiger partial charge >= 0.3 is 0 Å². The quantitative estimate of drug-likeness (QED) is 0.152. The molecule has 17 aromatic rings. The van der Waals surface area contributed by atoms with Gasteiger partial charge in [0, 0.05) is 105 Å². The van der Waals surface area contributed by atoms with E-state index in [0.29, 0.717) is 17.1 Å². The van der Waals surface area contributed by atoms with Crippen molar-refractivity contribution < 1.29 is 0 Å². The minimum atomic E-state index is 0.531. The molecular weight excluding hydrogens is 1080 g/mol. The fourth-order valence-corrected chi connectivity index (χ4v) is 16.2. The maximum absolute atomic E-state index is 12.6. The molecule has 0 N–H and O–H groups in total. The molecule has 0 aliphatic rings. The molecule has 7 heteroatoms. The molecule has 17 rings (SSSR count). The Balaban J connectivity index is 1.07. The molecule has 0 fully saturated rings. The minimum Gasteiger partial charge on any atom is -0.309 e. The molecule has 84 heavy (non-hydrogen) atoms. The molecular formula is C77H44N4S3. The second-order valence-corrected chi connectivity index (χ2v) is 24.7. The van der Waals surface area contributed by atoms with Crippen molar-refractivity contribution in [3.63, 3.8) is 0 Å². The summed E-state index contributed by atoms with van der Waals surface area (Å²) in [4.78, 5) is 11.0. The van der Waals surface area contributed by atoms with Crippen LogP contribution in [-0.2, 0) is 0 Å². The van der Waals surface area contributed by atoms with Crippen LogP contribution in [0.5, 0.6) is 0 Å². The Morgan fingerprint density at radius 1 is 0.286 bits per heavy atom. The molecule has 0 radical (unpaired) electrons. The van der Waals surface area contributed by atoms with Gasteiger partial charge in [0.25, 0.3) is 0 Å². The summed E-state index contributed by atoms with van der Waals surface area (Å²) >= 11 is 5.43. The standard InChI is InChI=1S/C77H44N4S3/c78-45-61-72(49-33-38-69-58(41-49)55-23-9-14-28-66(55)82-69)73(47-31-36-52(37-32-47)81-64-26-12-7-21-53(64)54-22-8-13-27-65(54)81)74(50-34-39-70-59(42-50)56-24-10-15-29-67(56)83-70)75(51-35-40-71-60(43-51)57-25-11-16-30-68(57)84-71)76(61)63-44-62(46-17-3-1-4-18-46)79-77(80-63)48-19-5-2-6-20-48/h1-44H. The van der Waals surface area contributed by atoms with E-state index in [0.717, 1.165) is 94.4 Å². The van der Waals surface area contributed by atoms with Crippen LogP contribution in [0.2, 0.25) is 0 Å². The van der Waals surface area contributed by atoms with Gasteiger partial charge in [0.05, 0.1) is 28.0 Å². The Bertz CT molecular complexity index is 5450. The first kappa shape index (κ1) is 48.4. The molecule has 0 spiro atoms. The van der Waals surface area contributed by atoms with Gasteiger partial charge in [-0.05, 0) is 118 Å². The van der Waals surface area contributed by atoms with Gasteiger partial charge in [-0.15, -0.1) is 34.0 Å². The van der Waals surface area contributed by atoms with Crippen molar-refractivity contribution in [3.8, 4) is 90.2 Å². The fraction of sp³-hybridized carbons (Fsp3) is 0. The van der Waals surface area contributed by atoms with Crippen molar-refractivity contribution in [1.29, 1.82) is 5.26 Å². The summed E-state index contributed by atoms with van der Waals surface area (Å²) in [5.74, 6) is 0.575. The van der Waals surface area contributed by atoms with Crippen molar-refractivity contribution in [3.05, 3.63) is 272 Å². The van der Waals surface area contributed by atoms with Gasteiger partial charge in [-0.1, -0.05) is 182 Å². The average Bonchev–Trinajstić information content (AvgIpc) is 2.55. The molecule has 0 unspecified atom stereocenters. The predicted octanol–water partition coefficient (Wildman–Crippen LogP) is 22.2. The van der Waals surface area contributed by atoms with Gasteiger partial charge in [0.15, 0.2) is 5.82 Å². The molecule has 5 aromatic heterocycles. The first-order chi connectivity index (χ1) is 41.6. The summed E-state index contributed by atoms with van der Waals surface area (Å²) < 4.78 is 9.66. The van der Waals surface area contributed by atoms with Gasteiger partial charge in [-0.25, -0.2) is 9.97 Å². The van der Waals surface area contributed by atoms with Crippen molar-refractivity contribution in [2.75, 3.05) is 0 Å². The molecule has 5 heterocycles. The monoisotopic (exact) mass is 1120 g/mol. The summed E-state index contributed by atoms with van der Waals surface area (Å²) in [5.41, 5.74) is 15.6. The number of para-hydroxylation sites is 2. The van der Waals surface area contributed by atoms with Crippen LogP contribution in [0.3, 0.4) is 0 Å². The molecule has 0 saturated heterocycles. The molecule has 4 nitrogen and oxygen atoms in total. The number of hydrogen-bond acceptors (Lipinski definition) is 6. The van der Waals surface area contributed by atoms with Crippen LogP contribution in [0.15, 0.2) is 267 Å². The third-order valence-corrected chi connectivity index (χ3v) is 20.1. The lowest BCUT2D eigenvalue weighted by Gasteiger charge is -2.26. The largest absolute Gasteiger partial charge is 0.309 e. The van der Waals surface area contributed by atoms with Crippen LogP contribution in [0, 0.1) is 11.3 Å². The van der Waals surface area contributed by atoms with E-state index < -0.39 is 0 Å². The van der Waals surface area contributed by atoms with E-state index in [1.165, 1.54) is 60.5 Å². The summed E-state index contributed by atoms with van der Waals surface area (Å²) in [6.45, 7) is 0. The van der Waals surface area contributed by atoms with Gasteiger partial charge in [0.1, 0.15) is 6.07 Å². The van der Waals surface area contributed by atoms with Crippen LogP contribution >= 0.6 is 34.0 Å². The number of nitrogens with zero attached hydrogens (tertiary/aromatic N) is 4. The molecule has 0 saturated carbocycles. The lowest BCUT2D eigenvalue weighted by molar-refractivity contribution is 1.18. The lowest BCUT2D eigenvalue weighted by atomic mass is 9.76. The number of rotatable bonds is 8. The average molecular weight is 1120 g/mol. The van der Waals surface area contributed by atoms with Gasteiger partial charge < -0.3 is 4.57 Å². The predicted molar refractivity (Wildman–Crippen MR) is 358 cm³/mol. The zero-order chi connectivity index (χ0) is 55.4. The van der Waals surface area contributed by atoms with E-state index >= 15 is 0 Å². The van der Waals surface area contributed by atoms with E-state index in [-0.39, 0.29) is 0 Å². The highest BCUT2D eigenvalue weighted by molar-refractivity contribution is 7.26. The Kier molecular flexibility index (Phi) is 11.2. The molecule has 0 atom stereocenters. The van der Waals surface area contributed by atoms with Crippen molar-refractivity contribution >= 4 is 116 Å². The van der Waals surface area contributed by atoms with Crippen LogP contribution in [0.4, 0.5) is 0 Å². The van der Waals surface area contributed by atoms with E-state index in [9.17, 15) is 5.26 Å². The van der Waals surface area contributed by atoms with E-state index in [2.05, 4.69) is 253 Å². The lowest BCUT2D eigenvalue weighted by Crippen LogP contribution is -2.05. The van der Waals surface area contributed by atoms with Gasteiger partial charge in [-0.2, -0.15) is 5.26 Å². The highest BCUT2D eigenvalue weighted by atomic mass is 32.1. The molecule has 0 amide bonds. The van der Waals surface area contributed by atoms with Crippen molar-refractivity contribution in [2.24, 2.45) is 0 Å². The zero-order valence-electron chi connectivity index (χ0n) is 44.9. The SMILES string of the molecule is N#Cc1c(-c2ccc3sc4ccccc4c3c2)c(-c2ccc(-n3c4ccccc4c4ccccc43)cc2)c(-c2ccc3sc4ccccc4c3c2)c(-c2ccc3sc4ccccc4c3c2)c1-c1cc(-c2ccccc2)nc(-c2ccccc2)n1. The summed E-state index contributed by atoms with van der Waals surface area (Å²) in [7, 11) is 0. The minimum absolute atomic E-state index is 0.531. The molecule has 390 valence electrons. The van der Waals surface area contributed by atoms with Gasteiger partial charge in [0.2, 0.25) is 0 Å². The first-order valence-electron chi connectivity index (χ1n) is 28.1. The first-order valence-corrected chi connectivity index (χ1v) is 30.5. The molecule has 0 aliphatic carbocycles. The molecule has 0 aliphatic heterocycles. The molecule has 0 bridgehead atoms. The second kappa shape index (κ2) is 19.4. The smallest absolute Gasteiger partial charge is 0.160 e. The van der Waals surface area contributed by atoms with E-state index in [4.69, 9.17) is 9.97 Å². The summed E-state index contributed by atoms with van der Waals surface area (Å²) in [6, 6.07) is 99.0. The third-order valence-electron chi connectivity index (χ3n) is 16.7. The number of benzene rings is 12. The van der Waals surface area contributed by atoms with Crippen LogP contribution < -0.4 is 0 Å². The Labute approximate surface area is 495 Å². The fourth-order valence-electron chi connectivity index (χ4n) is 12.9. The highest BCUT2D eigenvalue weighted by Gasteiger charge is 2.31. The van der Waals surface area contributed by atoms with Crippen LogP contribution in [-0.4, -0.2) is 14.5 Å². The Morgan fingerprint density at radius 3 is 1.17 bits per heavy atom. The second-order valence-electron chi connectivity index (χ2n) is 21.4. The van der Waals surface area contributed by atoms with Gasteiger partial charge in [-0.3, -0.25) is 0 Å². The van der Waals surface area contributed by atoms with Crippen LogP contribution in [0.25, 0.3) is 166 Å². The Morgan fingerprint density at radius 2 is 0.667 bits per heavy atom.